The first kappa shape index (κ1) is 11.4. The van der Waals surface area contributed by atoms with Crippen molar-refractivity contribution in [2.75, 3.05) is 11.9 Å². The zero-order valence-electron chi connectivity index (χ0n) is 9.03. The number of aliphatic hydroxyl groups excluding tert-OH is 1. The lowest BCUT2D eigenvalue weighted by Crippen LogP contribution is -2.32. The molecule has 80 valence electrons. The largest absolute Gasteiger partial charge is 0.391 e. The van der Waals surface area contributed by atoms with E-state index in [2.05, 4.69) is 14.7 Å². The Hall–Kier alpha value is -0.680. The molecule has 14 heavy (non-hydrogen) atoms. The predicted molar refractivity (Wildman–Crippen MR) is 58.6 cm³/mol. The van der Waals surface area contributed by atoms with Gasteiger partial charge < -0.3 is 10.4 Å². The second-order valence-corrected chi connectivity index (χ2v) is 5.16. The Balaban J connectivity index is 2.41. The predicted octanol–water partition coefficient (Wildman–Crippen LogP) is 1.67. The number of rotatable bonds is 3. The maximum Gasteiger partial charge on any atom is 0.202 e. The van der Waals surface area contributed by atoms with Crippen LogP contribution in [0.25, 0.3) is 0 Å². The number of hydrogen-bond acceptors (Lipinski definition) is 5. The van der Waals surface area contributed by atoms with Gasteiger partial charge in [0.15, 0.2) is 0 Å². The standard InChI is InChI=1S/C9H17N3OS/c1-6-11-8(14-12-6)10-5-7(13)9(2,3)4/h7,13H,5H2,1-4H3,(H,10,11,12). The van der Waals surface area contributed by atoms with Crippen molar-refractivity contribution < 1.29 is 5.11 Å². The van der Waals surface area contributed by atoms with Gasteiger partial charge in [0.25, 0.3) is 0 Å². The van der Waals surface area contributed by atoms with E-state index >= 15 is 0 Å². The maximum atomic E-state index is 9.75. The molecule has 0 saturated heterocycles. The number of aliphatic hydroxyl groups is 1. The summed E-state index contributed by atoms with van der Waals surface area (Å²) in [6.45, 7) is 8.38. The Morgan fingerprint density at radius 2 is 2.14 bits per heavy atom. The summed E-state index contributed by atoms with van der Waals surface area (Å²) < 4.78 is 4.04. The molecule has 0 amide bonds. The van der Waals surface area contributed by atoms with Gasteiger partial charge in [-0.05, 0) is 12.3 Å². The van der Waals surface area contributed by atoms with E-state index in [0.29, 0.717) is 6.54 Å². The fourth-order valence-electron chi connectivity index (χ4n) is 0.859. The topological polar surface area (TPSA) is 58.0 Å². The molecule has 0 aromatic carbocycles. The van der Waals surface area contributed by atoms with E-state index in [0.717, 1.165) is 11.0 Å². The zero-order valence-corrected chi connectivity index (χ0v) is 9.85. The van der Waals surface area contributed by atoms with Crippen LogP contribution in [0.5, 0.6) is 0 Å². The molecule has 0 aliphatic rings. The molecule has 0 saturated carbocycles. The summed E-state index contributed by atoms with van der Waals surface area (Å²) in [5.41, 5.74) is -0.104. The van der Waals surface area contributed by atoms with Crippen LogP contribution in [-0.4, -0.2) is 27.1 Å². The van der Waals surface area contributed by atoms with Crippen LogP contribution < -0.4 is 5.32 Å². The number of nitrogens with zero attached hydrogens (tertiary/aromatic N) is 2. The molecule has 0 fully saturated rings. The van der Waals surface area contributed by atoms with Crippen molar-refractivity contribution >= 4 is 16.7 Å². The van der Waals surface area contributed by atoms with E-state index in [9.17, 15) is 5.11 Å². The van der Waals surface area contributed by atoms with E-state index in [1.165, 1.54) is 11.5 Å². The van der Waals surface area contributed by atoms with Crippen molar-refractivity contribution in [3.05, 3.63) is 5.82 Å². The highest BCUT2D eigenvalue weighted by molar-refractivity contribution is 7.09. The summed E-state index contributed by atoms with van der Waals surface area (Å²) in [5.74, 6) is 0.766. The Kier molecular flexibility index (Phi) is 3.44. The van der Waals surface area contributed by atoms with Gasteiger partial charge in [0.05, 0.1) is 6.10 Å². The monoisotopic (exact) mass is 215 g/mol. The van der Waals surface area contributed by atoms with Crippen LogP contribution in [0.15, 0.2) is 0 Å². The van der Waals surface area contributed by atoms with E-state index in [1.807, 2.05) is 27.7 Å². The van der Waals surface area contributed by atoms with Crippen molar-refractivity contribution in [1.29, 1.82) is 0 Å². The van der Waals surface area contributed by atoms with Crippen molar-refractivity contribution in [2.45, 2.75) is 33.8 Å². The minimum Gasteiger partial charge on any atom is -0.391 e. The van der Waals surface area contributed by atoms with Gasteiger partial charge in [-0.2, -0.15) is 4.37 Å². The molecule has 2 N–H and O–H groups in total. The normalized spacial score (nSPS) is 14.1. The zero-order chi connectivity index (χ0) is 10.8. The molecule has 1 aromatic rings. The fourth-order valence-corrected chi connectivity index (χ4v) is 1.44. The third kappa shape index (κ3) is 3.23. The fraction of sp³-hybridized carbons (Fsp3) is 0.778. The molecule has 0 aliphatic carbocycles. The molecule has 1 unspecified atom stereocenters. The summed E-state index contributed by atoms with van der Waals surface area (Å²) >= 11 is 1.32. The molecule has 1 heterocycles. The molecule has 0 spiro atoms. The Morgan fingerprint density at radius 3 is 2.57 bits per heavy atom. The Labute approximate surface area is 88.6 Å². The van der Waals surface area contributed by atoms with Crippen molar-refractivity contribution in [1.82, 2.24) is 9.36 Å². The van der Waals surface area contributed by atoms with Crippen LogP contribution in [0.2, 0.25) is 0 Å². The van der Waals surface area contributed by atoms with Gasteiger partial charge >= 0.3 is 0 Å². The van der Waals surface area contributed by atoms with E-state index in [-0.39, 0.29) is 11.5 Å². The molecule has 1 atom stereocenters. The molecular weight excluding hydrogens is 198 g/mol. The van der Waals surface area contributed by atoms with Crippen LogP contribution in [0.3, 0.4) is 0 Å². The van der Waals surface area contributed by atoms with Gasteiger partial charge in [0, 0.05) is 18.1 Å². The SMILES string of the molecule is Cc1nsc(NCC(O)C(C)(C)C)n1. The number of hydrogen-bond donors (Lipinski definition) is 2. The summed E-state index contributed by atoms with van der Waals surface area (Å²) in [6, 6.07) is 0. The molecular formula is C9H17N3OS. The lowest BCUT2D eigenvalue weighted by atomic mass is 9.89. The van der Waals surface area contributed by atoms with Gasteiger partial charge in [-0.15, -0.1) is 0 Å². The minimum absolute atomic E-state index is 0.104. The van der Waals surface area contributed by atoms with Crippen molar-refractivity contribution in [3.63, 3.8) is 0 Å². The van der Waals surface area contributed by atoms with Crippen molar-refractivity contribution in [2.24, 2.45) is 5.41 Å². The van der Waals surface area contributed by atoms with E-state index in [4.69, 9.17) is 0 Å². The molecule has 0 bridgehead atoms. The Morgan fingerprint density at radius 1 is 1.50 bits per heavy atom. The molecule has 4 nitrogen and oxygen atoms in total. The summed E-state index contributed by atoms with van der Waals surface area (Å²) in [4.78, 5) is 4.15. The van der Waals surface area contributed by atoms with Gasteiger partial charge in [0.1, 0.15) is 5.82 Å². The lowest BCUT2D eigenvalue weighted by Gasteiger charge is -2.25. The maximum absolute atomic E-state index is 9.75. The van der Waals surface area contributed by atoms with Crippen LogP contribution in [0, 0.1) is 12.3 Å². The molecule has 1 aromatic heterocycles. The first-order valence-electron chi connectivity index (χ1n) is 4.62. The Bertz CT molecular complexity index is 292. The highest BCUT2D eigenvalue weighted by Crippen LogP contribution is 2.19. The summed E-state index contributed by atoms with van der Waals surface area (Å²) in [7, 11) is 0. The van der Waals surface area contributed by atoms with Crippen LogP contribution in [0.1, 0.15) is 26.6 Å². The van der Waals surface area contributed by atoms with Gasteiger partial charge in [-0.1, -0.05) is 20.8 Å². The number of aromatic nitrogens is 2. The first-order valence-corrected chi connectivity index (χ1v) is 5.39. The number of aryl methyl sites for hydroxylation is 1. The van der Waals surface area contributed by atoms with Crippen LogP contribution in [-0.2, 0) is 0 Å². The van der Waals surface area contributed by atoms with Crippen LogP contribution >= 0.6 is 11.5 Å². The van der Waals surface area contributed by atoms with Gasteiger partial charge in [-0.3, -0.25) is 0 Å². The molecule has 1 rings (SSSR count). The second kappa shape index (κ2) is 4.23. The van der Waals surface area contributed by atoms with Crippen molar-refractivity contribution in [3.8, 4) is 0 Å². The second-order valence-electron chi connectivity index (χ2n) is 4.41. The summed E-state index contributed by atoms with van der Waals surface area (Å²) in [5, 5.41) is 13.6. The van der Waals surface area contributed by atoms with E-state index < -0.39 is 0 Å². The van der Waals surface area contributed by atoms with E-state index in [1.54, 1.807) is 0 Å². The molecule has 5 heteroatoms. The average Bonchev–Trinajstić information content (AvgIpc) is 2.45. The average molecular weight is 215 g/mol. The third-order valence-corrected chi connectivity index (χ3v) is 2.74. The summed E-state index contributed by atoms with van der Waals surface area (Å²) in [6.07, 6.45) is -0.383. The lowest BCUT2D eigenvalue weighted by molar-refractivity contribution is 0.0746. The van der Waals surface area contributed by atoms with Gasteiger partial charge in [-0.25, -0.2) is 4.98 Å². The highest BCUT2D eigenvalue weighted by Gasteiger charge is 2.21. The highest BCUT2D eigenvalue weighted by atomic mass is 32.1. The molecule has 0 radical (unpaired) electrons. The smallest absolute Gasteiger partial charge is 0.202 e. The number of nitrogens with one attached hydrogen (secondary N) is 1. The van der Waals surface area contributed by atoms with Crippen LogP contribution in [0.4, 0.5) is 5.13 Å². The number of anilines is 1. The molecule has 0 aliphatic heterocycles. The quantitative estimate of drug-likeness (QED) is 0.805. The minimum atomic E-state index is -0.383. The first-order chi connectivity index (χ1) is 6.39. The third-order valence-electron chi connectivity index (χ3n) is 1.97. The van der Waals surface area contributed by atoms with Gasteiger partial charge in [0.2, 0.25) is 5.13 Å².